The van der Waals surface area contributed by atoms with Crippen LogP contribution in [0.5, 0.6) is 0 Å². The molecule has 0 aromatic heterocycles. The second-order valence-corrected chi connectivity index (χ2v) is 8.64. The van der Waals surface area contributed by atoms with Gasteiger partial charge in [-0.3, -0.25) is 4.79 Å². The number of fused-ring (bicyclic) bond motifs is 1. The van der Waals surface area contributed by atoms with Crippen LogP contribution in [0, 0.1) is 23.7 Å². The van der Waals surface area contributed by atoms with Crippen molar-refractivity contribution in [3.8, 4) is 0 Å². The van der Waals surface area contributed by atoms with Gasteiger partial charge in [-0.05, 0) is 50.4 Å². The van der Waals surface area contributed by atoms with Gasteiger partial charge >= 0.3 is 0 Å². The number of carbonyl (C=O) groups excluding carboxylic acids is 1. The Labute approximate surface area is 144 Å². The third-order valence-electron chi connectivity index (χ3n) is 7.05. The molecule has 1 amide bonds. The Kier molecular flexibility index (Phi) is 4.83. The summed E-state index contributed by atoms with van der Waals surface area (Å²) in [5, 5.41) is 6.72. The Bertz CT molecular complexity index is 452. The molecule has 2 saturated carbocycles. The van der Waals surface area contributed by atoms with Gasteiger partial charge in [-0.1, -0.05) is 13.3 Å². The average molecular weight is 338 g/mol. The van der Waals surface area contributed by atoms with Gasteiger partial charge in [0.1, 0.15) is 6.17 Å². The molecule has 4 rings (SSSR count). The normalized spacial score (nSPS) is 46.2. The van der Waals surface area contributed by atoms with Crippen molar-refractivity contribution >= 4 is 5.91 Å². The van der Waals surface area contributed by atoms with E-state index < -0.39 is 6.17 Å². The first-order valence-corrected chi connectivity index (χ1v) is 9.90. The zero-order chi connectivity index (χ0) is 16.7. The molecule has 0 spiro atoms. The minimum Gasteiger partial charge on any atom is -0.381 e. The number of hydrogen-bond acceptors (Lipinski definition) is 3. The van der Waals surface area contributed by atoms with Crippen molar-refractivity contribution < 1.29 is 13.9 Å². The highest BCUT2D eigenvalue weighted by Crippen LogP contribution is 2.39. The van der Waals surface area contributed by atoms with Gasteiger partial charge in [0.15, 0.2) is 0 Å². The molecule has 4 fully saturated rings. The van der Waals surface area contributed by atoms with Crippen LogP contribution in [0.15, 0.2) is 0 Å². The van der Waals surface area contributed by atoms with Crippen molar-refractivity contribution in [2.45, 2.75) is 76.2 Å². The zero-order valence-electron chi connectivity index (χ0n) is 14.7. The molecular weight excluding hydrogens is 307 g/mol. The number of carbonyl (C=O) groups is 1. The Hall–Kier alpha value is -0.680. The van der Waals surface area contributed by atoms with Crippen molar-refractivity contribution in [1.82, 2.24) is 10.6 Å². The molecule has 0 radical (unpaired) electrons. The molecule has 2 N–H and O–H groups in total. The van der Waals surface area contributed by atoms with E-state index in [1.807, 2.05) is 0 Å². The molecule has 2 aliphatic heterocycles. The van der Waals surface area contributed by atoms with Crippen LogP contribution in [0.3, 0.4) is 0 Å². The predicted octanol–water partition coefficient (Wildman–Crippen LogP) is 2.42. The molecule has 7 unspecified atom stereocenters. The summed E-state index contributed by atoms with van der Waals surface area (Å²) in [6.45, 7) is 3.98. The van der Waals surface area contributed by atoms with Gasteiger partial charge < -0.3 is 15.4 Å². The lowest BCUT2D eigenvalue weighted by molar-refractivity contribution is -0.124. The molecule has 4 nitrogen and oxygen atoms in total. The van der Waals surface area contributed by atoms with E-state index in [1.165, 1.54) is 12.8 Å². The lowest BCUT2D eigenvalue weighted by atomic mass is 9.76. The lowest BCUT2D eigenvalue weighted by Crippen LogP contribution is -2.50. The smallest absolute Gasteiger partial charge is 0.237 e. The van der Waals surface area contributed by atoms with Gasteiger partial charge in [-0.25, -0.2) is 4.39 Å². The zero-order valence-corrected chi connectivity index (χ0v) is 14.7. The van der Waals surface area contributed by atoms with E-state index in [2.05, 4.69) is 17.6 Å². The van der Waals surface area contributed by atoms with E-state index in [0.29, 0.717) is 36.6 Å². The maximum absolute atomic E-state index is 14.2. The largest absolute Gasteiger partial charge is 0.381 e. The summed E-state index contributed by atoms with van der Waals surface area (Å²) in [6.07, 6.45) is 6.14. The SMILES string of the molecule is CC1CCC(F)C2CC(C(=O)NC3CCCC(C4COC4)C3)NC12. The number of nitrogens with one attached hydrogen (secondary N) is 2. The maximum atomic E-state index is 14.2. The molecule has 0 aromatic rings. The highest BCUT2D eigenvalue weighted by molar-refractivity contribution is 5.82. The first kappa shape index (κ1) is 16.8. The lowest BCUT2D eigenvalue weighted by Gasteiger charge is -2.39. The van der Waals surface area contributed by atoms with Crippen LogP contribution in [0.1, 0.15) is 51.9 Å². The van der Waals surface area contributed by atoms with E-state index in [-0.39, 0.29) is 23.9 Å². The molecule has 136 valence electrons. The number of rotatable bonds is 3. The van der Waals surface area contributed by atoms with E-state index in [0.717, 1.165) is 32.5 Å². The van der Waals surface area contributed by atoms with Crippen molar-refractivity contribution in [2.24, 2.45) is 23.7 Å². The standard InChI is InChI=1S/C19H31FN2O2/c1-11-5-6-16(20)15-8-17(22-18(11)15)19(23)21-14-4-2-3-12(7-14)13-9-24-10-13/h11-18,22H,2-10H2,1H3,(H,21,23). The second-order valence-electron chi connectivity index (χ2n) is 8.64. The van der Waals surface area contributed by atoms with E-state index in [1.54, 1.807) is 0 Å². The van der Waals surface area contributed by atoms with E-state index in [4.69, 9.17) is 4.74 Å². The van der Waals surface area contributed by atoms with Crippen LogP contribution in [0.4, 0.5) is 4.39 Å². The molecule has 2 heterocycles. The number of halogens is 1. The van der Waals surface area contributed by atoms with Gasteiger partial charge in [0.25, 0.3) is 0 Å². The summed E-state index contributed by atoms with van der Waals surface area (Å²) in [5.41, 5.74) is 0. The first-order valence-electron chi connectivity index (χ1n) is 9.90. The minimum atomic E-state index is -0.742. The van der Waals surface area contributed by atoms with Crippen LogP contribution < -0.4 is 10.6 Å². The fourth-order valence-corrected chi connectivity index (χ4v) is 5.41. The predicted molar refractivity (Wildman–Crippen MR) is 90.3 cm³/mol. The molecular formula is C19H31FN2O2. The van der Waals surface area contributed by atoms with E-state index >= 15 is 0 Å². The van der Waals surface area contributed by atoms with Crippen molar-refractivity contribution in [2.75, 3.05) is 13.2 Å². The van der Waals surface area contributed by atoms with E-state index in [9.17, 15) is 9.18 Å². The summed E-state index contributed by atoms with van der Waals surface area (Å²) in [4.78, 5) is 12.7. The topological polar surface area (TPSA) is 50.4 Å². The molecule has 5 heteroatoms. The Balaban J connectivity index is 1.31. The minimum absolute atomic E-state index is 0.0238. The Morgan fingerprint density at radius 2 is 1.96 bits per heavy atom. The van der Waals surface area contributed by atoms with Crippen LogP contribution in [0.2, 0.25) is 0 Å². The van der Waals surface area contributed by atoms with Crippen LogP contribution in [0.25, 0.3) is 0 Å². The molecule has 4 aliphatic rings. The molecule has 0 bridgehead atoms. The Morgan fingerprint density at radius 3 is 2.67 bits per heavy atom. The highest BCUT2D eigenvalue weighted by Gasteiger charge is 2.46. The third kappa shape index (κ3) is 3.22. The van der Waals surface area contributed by atoms with Crippen LogP contribution >= 0.6 is 0 Å². The van der Waals surface area contributed by atoms with Gasteiger partial charge in [0, 0.05) is 23.9 Å². The number of hydrogen-bond donors (Lipinski definition) is 2. The summed E-state index contributed by atoms with van der Waals surface area (Å²) in [5.74, 6) is 1.99. The number of alkyl halides is 1. The van der Waals surface area contributed by atoms with Gasteiger partial charge in [0.05, 0.1) is 19.3 Å². The van der Waals surface area contributed by atoms with Crippen LogP contribution in [-0.4, -0.2) is 43.4 Å². The van der Waals surface area contributed by atoms with Crippen LogP contribution in [-0.2, 0) is 9.53 Å². The van der Waals surface area contributed by atoms with Crippen molar-refractivity contribution in [3.63, 3.8) is 0 Å². The monoisotopic (exact) mass is 338 g/mol. The molecule has 2 saturated heterocycles. The van der Waals surface area contributed by atoms with Crippen molar-refractivity contribution in [3.05, 3.63) is 0 Å². The van der Waals surface area contributed by atoms with Gasteiger partial charge in [-0.2, -0.15) is 0 Å². The summed E-state index contributed by atoms with van der Waals surface area (Å²) >= 11 is 0. The fraction of sp³-hybridized carbons (Fsp3) is 0.947. The summed E-state index contributed by atoms with van der Waals surface area (Å²) in [6, 6.07) is 0.266. The summed E-state index contributed by atoms with van der Waals surface area (Å²) < 4.78 is 19.5. The highest BCUT2D eigenvalue weighted by atomic mass is 19.1. The quantitative estimate of drug-likeness (QED) is 0.831. The first-order chi connectivity index (χ1) is 11.6. The molecule has 24 heavy (non-hydrogen) atoms. The van der Waals surface area contributed by atoms with Gasteiger partial charge in [-0.15, -0.1) is 0 Å². The summed E-state index contributed by atoms with van der Waals surface area (Å²) in [7, 11) is 0. The number of ether oxygens (including phenoxy) is 1. The number of amides is 1. The molecule has 0 aromatic carbocycles. The molecule has 7 atom stereocenters. The molecule has 2 aliphatic carbocycles. The third-order valence-corrected chi connectivity index (χ3v) is 7.05. The maximum Gasteiger partial charge on any atom is 0.237 e. The van der Waals surface area contributed by atoms with Crippen molar-refractivity contribution in [1.29, 1.82) is 0 Å². The Morgan fingerprint density at radius 1 is 1.12 bits per heavy atom. The second kappa shape index (κ2) is 6.91. The fourth-order valence-electron chi connectivity index (χ4n) is 5.41. The average Bonchev–Trinajstić information content (AvgIpc) is 2.96. The van der Waals surface area contributed by atoms with Gasteiger partial charge in [0.2, 0.25) is 5.91 Å².